The van der Waals surface area contributed by atoms with E-state index in [0.29, 0.717) is 11.1 Å². The molecule has 0 aromatic heterocycles. The number of rotatable bonds is 4. The first-order chi connectivity index (χ1) is 7.69. The summed E-state index contributed by atoms with van der Waals surface area (Å²) in [6.07, 6.45) is 0. The smallest absolute Gasteiger partial charge is 0.338 e. The molecule has 0 heterocycles. The van der Waals surface area contributed by atoms with Crippen molar-refractivity contribution in [1.82, 2.24) is 0 Å². The molecule has 0 unspecified atom stereocenters. The van der Waals surface area contributed by atoms with Gasteiger partial charge in [0, 0.05) is 0 Å². The summed E-state index contributed by atoms with van der Waals surface area (Å²) in [5.74, 6) is -0.894. The second kappa shape index (κ2) is 6.65. The summed E-state index contributed by atoms with van der Waals surface area (Å²) in [4.78, 5) is 22.6. The molecule has 0 fully saturated rings. The van der Waals surface area contributed by atoms with Gasteiger partial charge in [-0.05, 0) is 56.1 Å². The summed E-state index contributed by atoms with van der Waals surface area (Å²) in [6.45, 7) is 0. The maximum Gasteiger partial charge on any atom is 0.338 e. The molecule has 1 rings (SSSR count). The van der Waals surface area contributed by atoms with Crippen LogP contribution in [0, 0.1) is 0 Å². The molecule has 0 aliphatic rings. The van der Waals surface area contributed by atoms with Crippen LogP contribution in [0.4, 0.5) is 0 Å². The average Bonchev–Trinajstić information content (AvgIpc) is 2.30. The quantitative estimate of drug-likeness (QED) is 0.618. The summed E-state index contributed by atoms with van der Waals surface area (Å²) < 4.78 is 9.46. The van der Waals surface area contributed by atoms with Gasteiger partial charge >= 0.3 is 11.9 Å². The van der Waals surface area contributed by atoms with E-state index in [2.05, 4.69) is 31.9 Å². The number of ether oxygens (including phenoxy) is 2. The van der Waals surface area contributed by atoms with Gasteiger partial charge in [0.15, 0.2) is 0 Å². The number of halogens is 2. The highest BCUT2D eigenvalue weighted by Gasteiger charge is 2.09. The topological polar surface area (TPSA) is 52.6 Å². The number of carbonyl (C=O) groups excluding carboxylic acids is 2. The number of hydrogen-bond donors (Lipinski definition) is 0. The fourth-order valence-corrected chi connectivity index (χ4v) is 1.42. The molecular weight excluding hydrogens is 344 g/mol. The van der Waals surface area contributed by atoms with E-state index in [1.165, 1.54) is 24.3 Å². The Kier molecular flexibility index (Phi) is 5.48. The predicted octanol–water partition coefficient (Wildman–Crippen LogP) is 2.71. The van der Waals surface area contributed by atoms with Crippen LogP contribution in [0.25, 0.3) is 0 Å². The molecule has 16 heavy (non-hydrogen) atoms. The van der Waals surface area contributed by atoms with Gasteiger partial charge in [0.1, 0.15) is 11.0 Å². The van der Waals surface area contributed by atoms with Crippen LogP contribution >= 0.6 is 31.9 Å². The van der Waals surface area contributed by atoms with E-state index in [1.807, 2.05) is 0 Å². The SMILES string of the molecule is O=C(OCBr)c1ccc(C(=O)OCBr)cc1. The highest BCUT2D eigenvalue weighted by Crippen LogP contribution is 2.08. The zero-order valence-electron chi connectivity index (χ0n) is 8.11. The maximum absolute atomic E-state index is 11.3. The van der Waals surface area contributed by atoms with E-state index >= 15 is 0 Å². The number of carbonyl (C=O) groups is 2. The third-order valence-corrected chi connectivity index (χ3v) is 2.19. The zero-order chi connectivity index (χ0) is 12.0. The molecule has 0 amide bonds. The Morgan fingerprint density at radius 1 is 0.875 bits per heavy atom. The minimum Gasteiger partial charge on any atom is -0.450 e. The molecule has 0 N–H and O–H groups in total. The van der Waals surface area contributed by atoms with Crippen molar-refractivity contribution in [2.45, 2.75) is 0 Å². The summed E-state index contributed by atoms with van der Waals surface area (Å²) in [6, 6.07) is 6.04. The molecule has 0 spiro atoms. The molecule has 1 aromatic rings. The Morgan fingerprint density at radius 2 is 1.19 bits per heavy atom. The first-order valence-electron chi connectivity index (χ1n) is 4.25. The lowest BCUT2D eigenvalue weighted by Crippen LogP contribution is -2.06. The standard InChI is InChI=1S/C10H8Br2O4/c11-5-15-9(13)7-1-2-8(4-3-7)10(14)16-6-12/h1-4H,5-6H2. The zero-order valence-corrected chi connectivity index (χ0v) is 11.3. The maximum atomic E-state index is 11.3. The van der Waals surface area contributed by atoms with E-state index in [9.17, 15) is 9.59 Å². The largest absolute Gasteiger partial charge is 0.450 e. The van der Waals surface area contributed by atoms with Crippen molar-refractivity contribution in [1.29, 1.82) is 0 Å². The number of alkyl halides is 2. The molecular formula is C10H8Br2O4. The molecule has 4 nitrogen and oxygen atoms in total. The molecule has 0 saturated heterocycles. The average molecular weight is 352 g/mol. The van der Waals surface area contributed by atoms with Crippen molar-refractivity contribution >= 4 is 43.8 Å². The van der Waals surface area contributed by atoms with Crippen LogP contribution in [0.3, 0.4) is 0 Å². The summed E-state index contributed by atoms with van der Waals surface area (Å²) in [5.41, 5.74) is 1.04. The monoisotopic (exact) mass is 350 g/mol. The minimum atomic E-state index is -0.447. The Balaban J connectivity index is 2.75. The lowest BCUT2D eigenvalue weighted by molar-refractivity contribution is 0.0570. The number of hydrogen-bond acceptors (Lipinski definition) is 4. The Morgan fingerprint density at radius 3 is 1.44 bits per heavy atom. The second-order valence-electron chi connectivity index (χ2n) is 2.66. The molecule has 0 aliphatic carbocycles. The molecule has 0 bridgehead atoms. The van der Waals surface area contributed by atoms with E-state index in [-0.39, 0.29) is 11.0 Å². The van der Waals surface area contributed by atoms with Crippen LogP contribution in [0.2, 0.25) is 0 Å². The molecule has 0 saturated carbocycles. The van der Waals surface area contributed by atoms with E-state index in [1.54, 1.807) is 0 Å². The summed E-state index contributed by atoms with van der Waals surface area (Å²) in [5, 5.41) is 0. The lowest BCUT2D eigenvalue weighted by Gasteiger charge is -2.03. The molecule has 1 aromatic carbocycles. The van der Waals surface area contributed by atoms with Gasteiger partial charge in [0.05, 0.1) is 11.1 Å². The molecule has 0 atom stereocenters. The van der Waals surface area contributed by atoms with Crippen molar-refractivity contribution in [3.05, 3.63) is 35.4 Å². The second-order valence-corrected chi connectivity index (χ2v) is 3.57. The fourth-order valence-electron chi connectivity index (χ4n) is 1.01. The van der Waals surface area contributed by atoms with Gasteiger partial charge in [0.25, 0.3) is 0 Å². The van der Waals surface area contributed by atoms with Crippen molar-refractivity contribution < 1.29 is 19.1 Å². The summed E-state index contributed by atoms with van der Waals surface area (Å²) >= 11 is 5.97. The van der Waals surface area contributed by atoms with Crippen molar-refractivity contribution in [2.24, 2.45) is 0 Å². The molecule has 6 heteroatoms. The van der Waals surface area contributed by atoms with Gasteiger partial charge < -0.3 is 9.47 Å². The van der Waals surface area contributed by atoms with Crippen molar-refractivity contribution in [3.63, 3.8) is 0 Å². The Hall–Kier alpha value is -0.880. The van der Waals surface area contributed by atoms with Gasteiger partial charge in [-0.1, -0.05) is 0 Å². The van der Waals surface area contributed by atoms with E-state index in [0.717, 1.165) is 0 Å². The van der Waals surface area contributed by atoms with Crippen LogP contribution in [0.1, 0.15) is 20.7 Å². The third-order valence-electron chi connectivity index (χ3n) is 1.73. The van der Waals surface area contributed by atoms with E-state index < -0.39 is 11.9 Å². The Bertz CT molecular complexity index is 338. The molecule has 0 aliphatic heterocycles. The van der Waals surface area contributed by atoms with Gasteiger partial charge in [-0.2, -0.15) is 0 Å². The van der Waals surface area contributed by atoms with Crippen LogP contribution in [-0.4, -0.2) is 23.0 Å². The highest BCUT2D eigenvalue weighted by molar-refractivity contribution is 9.09. The van der Waals surface area contributed by atoms with Crippen LogP contribution in [0.5, 0.6) is 0 Å². The van der Waals surface area contributed by atoms with Crippen LogP contribution in [-0.2, 0) is 9.47 Å². The van der Waals surface area contributed by atoms with Gasteiger partial charge in [-0.3, -0.25) is 0 Å². The predicted molar refractivity (Wildman–Crippen MR) is 64.9 cm³/mol. The minimum absolute atomic E-state index is 0.138. The first-order valence-corrected chi connectivity index (χ1v) is 6.49. The highest BCUT2D eigenvalue weighted by atomic mass is 79.9. The normalized spacial score (nSPS) is 9.62. The van der Waals surface area contributed by atoms with Gasteiger partial charge in [-0.15, -0.1) is 0 Å². The van der Waals surface area contributed by atoms with Crippen molar-refractivity contribution in [3.8, 4) is 0 Å². The Labute approximate surface area is 109 Å². The van der Waals surface area contributed by atoms with Gasteiger partial charge in [-0.25, -0.2) is 9.59 Å². The summed E-state index contributed by atoms with van der Waals surface area (Å²) in [7, 11) is 0. The van der Waals surface area contributed by atoms with Crippen molar-refractivity contribution in [2.75, 3.05) is 11.0 Å². The fraction of sp³-hybridized carbons (Fsp3) is 0.200. The molecule has 0 radical (unpaired) electrons. The lowest BCUT2D eigenvalue weighted by atomic mass is 10.1. The van der Waals surface area contributed by atoms with Crippen LogP contribution < -0.4 is 0 Å². The number of benzene rings is 1. The third kappa shape index (κ3) is 3.61. The molecule has 86 valence electrons. The first kappa shape index (κ1) is 13.2. The van der Waals surface area contributed by atoms with E-state index in [4.69, 9.17) is 9.47 Å². The van der Waals surface area contributed by atoms with Crippen LogP contribution in [0.15, 0.2) is 24.3 Å². The number of esters is 2. The van der Waals surface area contributed by atoms with Gasteiger partial charge in [0.2, 0.25) is 0 Å².